The molecule has 1 nitrogen and oxygen atoms in total. The lowest BCUT2D eigenvalue weighted by molar-refractivity contribution is 0.716. The van der Waals surface area contributed by atoms with Crippen LogP contribution < -0.4 is 5.32 Å². The molecule has 0 heterocycles. The number of hydrogen-bond acceptors (Lipinski definition) is 1. The Labute approximate surface area is 75.7 Å². The SMILES string of the molecule is CNC1=CCC(C)C(I)=C1. The lowest BCUT2D eigenvalue weighted by Gasteiger charge is -2.15. The van der Waals surface area contributed by atoms with Gasteiger partial charge in [-0.05, 0) is 44.6 Å². The molecule has 0 aromatic carbocycles. The highest BCUT2D eigenvalue weighted by Gasteiger charge is 2.09. The van der Waals surface area contributed by atoms with E-state index in [1.807, 2.05) is 7.05 Å². The molecule has 1 rings (SSSR count). The molecule has 0 bridgehead atoms. The molecule has 0 radical (unpaired) electrons. The molecule has 56 valence electrons. The molecule has 0 saturated heterocycles. The first kappa shape index (κ1) is 8.11. The van der Waals surface area contributed by atoms with E-state index in [1.165, 1.54) is 15.7 Å². The molecular weight excluding hydrogens is 237 g/mol. The van der Waals surface area contributed by atoms with Gasteiger partial charge in [0, 0.05) is 12.7 Å². The van der Waals surface area contributed by atoms with E-state index in [2.05, 4.69) is 47.0 Å². The molecule has 10 heavy (non-hydrogen) atoms. The van der Waals surface area contributed by atoms with E-state index in [4.69, 9.17) is 0 Å². The molecule has 0 aromatic rings. The summed E-state index contributed by atoms with van der Waals surface area (Å²) in [6.45, 7) is 2.25. The Hall–Kier alpha value is 0.01000. The fourth-order valence-electron chi connectivity index (χ4n) is 0.940. The van der Waals surface area contributed by atoms with Crippen LogP contribution in [0.15, 0.2) is 21.4 Å². The van der Waals surface area contributed by atoms with Crippen molar-refractivity contribution in [2.75, 3.05) is 7.05 Å². The average Bonchev–Trinajstić information content (AvgIpc) is 1.95. The van der Waals surface area contributed by atoms with Crippen LogP contribution in [0.2, 0.25) is 0 Å². The molecule has 1 unspecified atom stereocenters. The highest BCUT2D eigenvalue weighted by Crippen LogP contribution is 2.26. The van der Waals surface area contributed by atoms with Crippen molar-refractivity contribution < 1.29 is 0 Å². The Balaban J connectivity index is 2.69. The standard InChI is InChI=1S/C8H12IN/c1-6-3-4-7(10-2)5-8(6)9/h4-6,10H,3H2,1-2H3. The zero-order valence-electron chi connectivity index (χ0n) is 6.32. The second-order valence-corrected chi connectivity index (χ2v) is 3.82. The fourth-order valence-corrected chi connectivity index (χ4v) is 1.53. The smallest absolute Gasteiger partial charge is 0.0304 e. The number of likely N-dealkylation sites (N-methyl/N-ethyl adjacent to an activating group) is 1. The summed E-state index contributed by atoms with van der Waals surface area (Å²) in [5.74, 6) is 0.720. The molecule has 1 aliphatic rings. The van der Waals surface area contributed by atoms with E-state index < -0.39 is 0 Å². The van der Waals surface area contributed by atoms with Crippen molar-refractivity contribution >= 4 is 22.6 Å². The Bertz CT molecular complexity index is 182. The van der Waals surface area contributed by atoms with Gasteiger partial charge in [-0.2, -0.15) is 0 Å². The van der Waals surface area contributed by atoms with Crippen LogP contribution in [0.4, 0.5) is 0 Å². The number of rotatable bonds is 1. The molecule has 0 fully saturated rings. The normalized spacial score (nSPS) is 25.3. The minimum absolute atomic E-state index is 0.720. The first-order valence-electron chi connectivity index (χ1n) is 3.49. The van der Waals surface area contributed by atoms with Crippen molar-refractivity contribution in [2.45, 2.75) is 13.3 Å². The van der Waals surface area contributed by atoms with Gasteiger partial charge < -0.3 is 5.32 Å². The number of nitrogens with one attached hydrogen (secondary N) is 1. The zero-order chi connectivity index (χ0) is 7.56. The largest absolute Gasteiger partial charge is 0.388 e. The van der Waals surface area contributed by atoms with Gasteiger partial charge in [0.25, 0.3) is 0 Å². The quantitative estimate of drug-likeness (QED) is 0.704. The lowest BCUT2D eigenvalue weighted by atomic mass is 10.0. The summed E-state index contributed by atoms with van der Waals surface area (Å²) in [5, 5.41) is 3.13. The van der Waals surface area contributed by atoms with Crippen molar-refractivity contribution in [2.24, 2.45) is 5.92 Å². The van der Waals surface area contributed by atoms with Gasteiger partial charge in [-0.15, -0.1) is 0 Å². The van der Waals surface area contributed by atoms with Crippen molar-refractivity contribution in [3.8, 4) is 0 Å². The average molecular weight is 249 g/mol. The number of hydrogen-bond donors (Lipinski definition) is 1. The summed E-state index contributed by atoms with van der Waals surface area (Å²) in [5.41, 5.74) is 1.25. The molecule has 0 aromatic heterocycles. The number of allylic oxidation sites excluding steroid dienone is 3. The minimum atomic E-state index is 0.720. The van der Waals surface area contributed by atoms with Gasteiger partial charge in [0.05, 0.1) is 0 Å². The Kier molecular flexibility index (Phi) is 2.77. The van der Waals surface area contributed by atoms with Gasteiger partial charge in [-0.25, -0.2) is 0 Å². The van der Waals surface area contributed by atoms with Crippen LogP contribution in [0.1, 0.15) is 13.3 Å². The van der Waals surface area contributed by atoms with E-state index in [0.29, 0.717) is 0 Å². The van der Waals surface area contributed by atoms with E-state index in [9.17, 15) is 0 Å². The van der Waals surface area contributed by atoms with Crippen molar-refractivity contribution in [3.05, 3.63) is 21.4 Å². The summed E-state index contributed by atoms with van der Waals surface area (Å²) in [6, 6.07) is 0. The van der Waals surface area contributed by atoms with Gasteiger partial charge in [0.1, 0.15) is 0 Å². The highest BCUT2D eigenvalue weighted by molar-refractivity contribution is 14.1. The predicted molar refractivity (Wildman–Crippen MR) is 53.0 cm³/mol. The monoisotopic (exact) mass is 249 g/mol. The molecule has 0 amide bonds. The lowest BCUT2D eigenvalue weighted by Crippen LogP contribution is -2.09. The third kappa shape index (κ3) is 1.75. The van der Waals surface area contributed by atoms with Crippen LogP contribution in [0.5, 0.6) is 0 Å². The first-order chi connectivity index (χ1) is 4.74. The van der Waals surface area contributed by atoms with Crippen LogP contribution in [0.3, 0.4) is 0 Å². The van der Waals surface area contributed by atoms with Gasteiger partial charge in [0.15, 0.2) is 0 Å². The Morgan fingerprint density at radius 1 is 1.70 bits per heavy atom. The van der Waals surface area contributed by atoms with Crippen molar-refractivity contribution in [1.29, 1.82) is 0 Å². The van der Waals surface area contributed by atoms with E-state index in [0.717, 1.165) is 5.92 Å². The van der Waals surface area contributed by atoms with Gasteiger partial charge >= 0.3 is 0 Å². The maximum absolute atomic E-state index is 3.13. The molecule has 0 spiro atoms. The molecule has 0 aliphatic heterocycles. The second kappa shape index (κ2) is 3.42. The maximum atomic E-state index is 3.13. The van der Waals surface area contributed by atoms with Gasteiger partial charge in [-0.3, -0.25) is 0 Å². The van der Waals surface area contributed by atoms with Crippen molar-refractivity contribution in [1.82, 2.24) is 5.32 Å². The summed E-state index contributed by atoms with van der Waals surface area (Å²) >= 11 is 2.40. The summed E-state index contributed by atoms with van der Waals surface area (Å²) in [4.78, 5) is 0. The van der Waals surface area contributed by atoms with Crippen LogP contribution in [0, 0.1) is 5.92 Å². The molecular formula is C8H12IN. The van der Waals surface area contributed by atoms with Gasteiger partial charge in [0.2, 0.25) is 0 Å². The summed E-state index contributed by atoms with van der Waals surface area (Å²) in [6.07, 6.45) is 5.62. The number of halogens is 1. The third-order valence-corrected chi connectivity index (χ3v) is 3.12. The van der Waals surface area contributed by atoms with E-state index >= 15 is 0 Å². The highest BCUT2D eigenvalue weighted by atomic mass is 127. The van der Waals surface area contributed by atoms with Crippen LogP contribution in [-0.4, -0.2) is 7.05 Å². The summed E-state index contributed by atoms with van der Waals surface area (Å²) in [7, 11) is 1.96. The second-order valence-electron chi connectivity index (χ2n) is 2.58. The topological polar surface area (TPSA) is 12.0 Å². The molecule has 1 atom stereocenters. The first-order valence-corrected chi connectivity index (χ1v) is 4.57. The molecule has 1 aliphatic carbocycles. The zero-order valence-corrected chi connectivity index (χ0v) is 8.47. The van der Waals surface area contributed by atoms with Crippen LogP contribution in [-0.2, 0) is 0 Å². The van der Waals surface area contributed by atoms with E-state index in [-0.39, 0.29) is 0 Å². The minimum Gasteiger partial charge on any atom is -0.388 e. The van der Waals surface area contributed by atoms with E-state index in [1.54, 1.807) is 0 Å². The fraction of sp³-hybridized carbons (Fsp3) is 0.500. The van der Waals surface area contributed by atoms with Crippen molar-refractivity contribution in [3.63, 3.8) is 0 Å². The third-order valence-electron chi connectivity index (χ3n) is 1.74. The Morgan fingerprint density at radius 3 is 2.90 bits per heavy atom. The van der Waals surface area contributed by atoms with Crippen LogP contribution in [0.25, 0.3) is 0 Å². The molecule has 1 N–H and O–H groups in total. The predicted octanol–water partition coefficient (Wildman–Crippen LogP) is 2.45. The van der Waals surface area contributed by atoms with Crippen LogP contribution >= 0.6 is 22.6 Å². The van der Waals surface area contributed by atoms with Gasteiger partial charge in [-0.1, -0.05) is 13.0 Å². The summed E-state index contributed by atoms with van der Waals surface area (Å²) < 4.78 is 1.45. The Morgan fingerprint density at radius 2 is 2.40 bits per heavy atom. The maximum Gasteiger partial charge on any atom is 0.0304 e. The molecule has 0 saturated carbocycles. The molecule has 2 heteroatoms.